The van der Waals surface area contributed by atoms with E-state index in [1.54, 1.807) is 0 Å². The molecule has 0 atom stereocenters. The Kier molecular flexibility index (Phi) is 10.5. The number of rotatable bonds is 2. The van der Waals surface area contributed by atoms with Crippen LogP contribution < -0.4 is 15.2 Å². The van der Waals surface area contributed by atoms with Crippen molar-refractivity contribution in [2.24, 2.45) is 0 Å². The van der Waals surface area contributed by atoms with E-state index in [2.05, 4.69) is 25.4 Å². The van der Waals surface area contributed by atoms with Crippen LogP contribution in [-0.2, 0) is 0 Å². The molecule has 2 N–H and O–H groups in total. The molecule has 28 heavy (non-hydrogen) atoms. The molecule has 0 aromatic heterocycles. The average Bonchev–Trinajstić information content (AvgIpc) is 2.47. The van der Waals surface area contributed by atoms with Crippen LogP contribution in [0.2, 0.25) is 0 Å². The van der Waals surface area contributed by atoms with Gasteiger partial charge in [0.2, 0.25) is 0 Å². The van der Waals surface area contributed by atoms with E-state index in [9.17, 15) is 26.3 Å². The number of hydrogen-bond acceptors (Lipinski definition) is 3. The van der Waals surface area contributed by atoms with Gasteiger partial charge in [-0.3, -0.25) is 0 Å². The summed E-state index contributed by atoms with van der Waals surface area (Å²) in [6.07, 6.45) is -9.30. The molecule has 2 aromatic rings. The number of halogens is 11. The summed E-state index contributed by atoms with van der Waals surface area (Å²) < 4.78 is 81.9. The number of ether oxygens (including phenoxy) is 2. The molecule has 0 saturated heterocycles. The van der Waals surface area contributed by atoms with Gasteiger partial charge in [0.25, 0.3) is 0 Å². The van der Waals surface area contributed by atoms with Crippen molar-refractivity contribution in [1.82, 2.24) is 0 Å². The zero-order valence-electron chi connectivity index (χ0n) is 12.9. The van der Waals surface area contributed by atoms with E-state index < -0.39 is 12.7 Å². The number of hydrogen-bond donors (Lipinski definition) is 1. The van der Waals surface area contributed by atoms with Crippen LogP contribution in [0.3, 0.4) is 0 Å². The van der Waals surface area contributed by atoms with Gasteiger partial charge < -0.3 is 15.2 Å². The molecule has 0 heterocycles. The second-order valence-corrected chi connectivity index (χ2v) is 10.0. The fourth-order valence-electron chi connectivity index (χ4n) is 1.48. The number of anilines is 1. The first-order valence-electron chi connectivity index (χ1n) is 6.49. The molecule has 2 rings (SSSR count). The summed E-state index contributed by atoms with van der Waals surface area (Å²) >= 11 is 10.8. The third kappa shape index (κ3) is 9.75. The molecule has 0 saturated carbocycles. The van der Waals surface area contributed by atoms with Crippen LogP contribution >= 0.6 is 106 Å². The van der Waals surface area contributed by atoms with Crippen molar-refractivity contribution < 1.29 is 35.8 Å². The first-order valence-corrected chi connectivity index (χ1v) is 11.6. The van der Waals surface area contributed by atoms with Gasteiger partial charge in [-0.25, -0.2) is 0 Å². The molecule has 2 aromatic carbocycles. The number of nitrogens with two attached hydrogens (primary N) is 1. The zero-order valence-corrected chi connectivity index (χ0v) is 23.1. The van der Waals surface area contributed by atoms with Crippen molar-refractivity contribution in [2.75, 3.05) is 5.73 Å². The number of benzene rings is 2. The van der Waals surface area contributed by atoms with Gasteiger partial charge in [0.15, 0.2) is 0 Å². The van der Waals surface area contributed by atoms with E-state index in [0.29, 0.717) is 20.0 Å². The maximum absolute atomic E-state index is 11.9. The van der Waals surface area contributed by atoms with Crippen LogP contribution in [-0.4, -0.2) is 12.7 Å². The van der Waals surface area contributed by atoms with E-state index in [-0.39, 0.29) is 11.5 Å². The first-order chi connectivity index (χ1) is 12.6. The zero-order chi connectivity index (χ0) is 21.9. The summed E-state index contributed by atoms with van der Waals surface area (Å²) in [7, 11) is 0. The van der Waals surface area contributed by atoms with E-state index in [4.69, 9.17) is 5.73 Å². The molecule has 156 valence electrons. The lowest BCUT2D eigenvalue weighted by atomic mass is 10.3. The second-order valence-electron chi connectivity index (χ2n) is 4.60. The predicted molar refractivity (Wildman–Crippen MR) is 129 cm³/mol. The third-order valence-corrected chi connectivity index (χ3v) is 8.30. The fraction of sp³-hybridized carbons (Fsp3) is 0.143. The smallest absolute Gasteiger partial charge is 0.406 e. The van der Waals surface area contributed by atoms with E-state index >= 15 is 0 Å². The minimum absolute atomic E-state index is 0.200. The quantitative estimate of drug-likeness (QED) is 0.144. The molecule has 0 radical (unpaired) electrons. The van der Waals surface area contributed by atoms with E-state index in [1.165, 1.54) is 24.3 Å². The van der Waals surface area contributed by atoms with Gasteiger partial charge >= 0.3 is 12.7 Å². The van der Waals surface area contributed by atoms with Gasteiger partial charge in [-0.15, -0.1) is 26.3 Å². The predicted octanol–water partition coefficient (Wildman–Crippen LogP) is 7.93. The van der Waals surface area contributed by atoms with Crippen LogP contribution in [0.15, 0.2) is 28.7 Å². The molecule has 0 aliphatic heterocycles. The second kappa shape index (κ2) is 10.9. The Labute approximate surface area is 218 Å². The van der Waals surface area contributed by atoms with Gasteiger partial charge in [-0.2, -0.15) is 0 Å². The molecule has 3 nitrogen and oxygen atoms in total. The molecule has 0 spiro atoms. The molecular weight excluding hydrogens is 916 g/mol. The highest BCUT2D eigenvalue weighted by atomic mass is 127. The van der Waals surface area contributed by atoms with Gasteiger partial charge in [0.1, 0.15) is 11.5 Å². The van der Waals surface area contributed by atoms with Gasteiger partial charge in [-0.1, -0.05) is 0 Å². The Hall–Kier alpha value is 0.820. The number of alkyl halides is 6. The first kappa shape index (κ1) is 26.9. The topological polar surface area (TPSA) is 44.5 Å². The molecule has 0 amide bonds. The summed E-state index contributed by atoms with van der Waals surface area (Å²) in [6.45, 7) is 0. The van der Waals surface area contributed by atoms with Gasteiger partial charge in [0.05, 0.1) is 5.69 Å². The molecule has 0 fully saturated rings. The molecule has 0 aliphatic rings. The Bertz CT molecular complexity index is 732. The lowest BCUT2D eigenvalue weighted by molar-refractivity contribution is -0.275. The van der Waals surface area contributed by atoms with E-state index in [1.807, 2.05) is 90.4 Å². The Morgan fingerprint density at radius 2 is 0.964 bits per heavy atom. The lowest BCUT2D eigenvalue weighted by Crippen LogP contribution is -2.17. The van der Waals surface area contributed by atoms with Crippen molar-refractivity contribution in [3.8, 4) is 11.5 Å². The van der Waals surface area contributed by atoms with Gasteiger partial charge in [0, 0.05) is 18.8 Å². The van der Waals surface area contributed by atoms with Crippen LogP contribution in [0.4, 0.5) is 32.0 Å². The summed E-state index contributed by atoms with van der Waals surface area (Å²) in [5, 5.41) is 0. The van der Waals surface area contributed by atoms with Crippen molar-refractivity contribution in [1.29, 1.82) is 0 Å². The van der Waals surface area contributed by atoms with Crippen molar-refractivity contribution in [2.45, 2.75) is 12.7 Å². The maximum atomic E-state index is 11.9. The SMILES string of the molecule is FC(F)(F)Oc1cc(I)c(Br)c(I)c1.Nc1c(I)cc(OC(F)(F)F)cc1I. The third-order valence-electron chi connectivity index (χ3n) is 2.48. The van der Waals surface area contributed by atoms with Crippen LogP contribution in [0.5, 0.6) is 11.5 Å². The van der Waals surface area contributed by atoms with E-state index in [0.717, 1.165) is 4.47 Å². The normalized spacial score (nSPS) is 11.5. The molecular formula is C14H6BrF6I4NO2. The van der Waals surface area contributed by atoms with Crippen LogP contribution in [0.1, 0.15) is 0 Å². The highest BCUT2D eigenvalue weighted by Gasteiger charge is 2.32. The Morgan fingerprint density at radius 3 is 1.25 bits per heavy atom. The largest absolute Gasteiger partial charge is 0.573 e. The van der Waals surface area contributed by atoms with Gasteiger partial charge in [-0.05, 0) is 131 Å². The Morgan fingerprint density at radius 1 is 0.679 bits per heavy atom. The monoisotopic (exact) mass is 921 g/mol. The molecule has 0 aliphatic carbocycles. The van der Waals surface area contributed by atoms with Crippen LogP contribution in [0, 0.1) is 14.3 Å². The molecule has 0 unspecified atom stereocenters. The minimum atomic E-state index is -4.66. The standard InChI is InChI=1S/C7H2BrF3I2O.C7H4F3I2NO/c8-6-4(12)1-3(2-5(6)13)14-7(9,10)11;8-7(9,10)14-3-1-4(11)6(13)5(12)2-3/h1-2H;1-2H,13H2. The highest BCUT2D eigenvalue weighted by Crippen LogP contribution is 2.32. The van der Waals surface area contributed by atoms with Crippen molar-refractivity contribution in [3.05, 3.63) is 43.0 Å². The van der Waals surface area contributed by atoms with Crippen molar-refractivity contribution in [3.63, 3.8) is 0 Å². The molecule has 14 heteroatoms. The summed E-state index contributed by atoms with van der Waals surface area (Å²) in [5.41, 5.74) is 6.02. The van der Waals surface area contributed by atoms with Crippen molar-refractivity contribution >= 4 is 112 Å². The maximum Gasteiger partial charge on any atom is 0.573 e. The summed E-state index contributed by atoms with van der Waals surface area (Å²) in [5.74, 6) is -0.449. The Balaban J connectivity index is 0.000000280. The summed E-state index contributed by atoms with van der Waals surface area (Å²) in [4.78, 5) is 0. The van der Waals surface area contributed by atoms with Crippen LogP contribution in [0.25, 0.3) is 0 Å². The highest BCUT2D eigenvalue weighted by molar-refractivity contribution is 14.1. The number of nitrogen functional groups attached to an aromatic ring is 1. The minimum Gasteiger partial charge on any atom is -0.406 e. The summed E-state index contributed by atoms with van der Waals surface area (Å²) in [6, 6.07) is 5.12. The fourth-order valence-corrected chi connectivity index (χ4v) is 5.13. The average molecular weight is 922 g/mol. The lowest BCUT2D eigenvalue weighted by Gasteiger charge is -2.10. The molecule has 0 bridgehead atoms.